The van der Waals surface area contributed by atoms with Crippen molar-refractivity contribution in [2.45, 2.75) is 45.3 Å². The summed E-state index contributed by atoms with van der Waals surface area (Å²) < 4.78 is 11.6. The lowest BCUT2D eigenvalue weighted by Gasteiger charge is -2.19. The van der Waals surface area contributed by atoms with Crippen molar-refractivity contribution in [3.8, 4) is 5.75 Å². The van der Waals surface area contributed by atoms with Crippen LogP contribution in [0.4, 0.5) is 0 Å². The van der Waals surface area contributed by atoms with Crippen molar-refractivity contribution >= 4 is 0 Å². The molecule has 19 heavy (non-hydrogen) atoms. The first-order valence-electron chi connectivity index (χ1n) is 7.38. The second-order valence-corrected chi connectivity index (χ2v) is 5.16. The van der Waals surface area contributed by atoms with Crippen LogP contribution < -0.4 is 10.1 Å². The number of benzene rings is 1. The van der Waals surface area contributed by atoms with E-state index in [-0.39, 0.29) is 6.10 Å². The summed E-state index contributed by atoms with van der Waals surface area (Å²) in [5.74, 6) is 0.981. The van der Waals surface area contributed by atoms with Crippen LogP contribution in [-0.2, 0) is 4.74 Å². The van der Waals surface area contributed by atoms with Crippen LogP contribution in [0.5, 0.6) is 5.75 Å². The van der Waals surface area contributed by atoms with Gasteiger partial charge >= 0.3 is 0 Å². The SMILES string of the molecule is CCCNC(C)c1ccccc1OCC1CCCO1. The molecule has 0 aliphatic carbocycles. The molecule has 1 N–H and O–H groups in total. The molecular weight excluding hydrogens is 238 g/mol. The van der Waals surface area contributed by atoms with E-state index in [1.165, 1.54) is 5.56 Å². The monoisotopic (exact) mass is 263 g/mol. The topological polar surface area (TPSA) is 30.5 Å². The summed E-state index contributed by atoms with van der Waals surface area (Å²) in [4.78, 5) is 0. The second kappa shape index (κ2) is 7.51. The highest BCUT2D eigenvalue weighted by molar-refractivity contribution is 5.35. The van der Waals surface area contributed by atoms with Crippen molar-refractivity contribution in [1.29, 1.82) is 0 Å². The third kappa shape index (κ3) is 4.22. The average Bonchev–Trinajstić information content (AvgIpc) is 2.96. The zero-order valence-electron chi connectivity index (χ0n) is 12.0. The second-order valence-electron chi connectivity index (χ2n) is 5.16. The summed E-state index contributed by atoms with van der Waals surface area (Å²) in [5.41, 5.74) is 1.23. The molecule has 0 aromatic heterocycles. The highest BCUT2D eigenvalue weighted by Crippen LogP contribution is 2.25. The van der Waals surface area contributed by atoms with Crippen LogP contribution in [0.2, 0.25) is 0 Å². The standard InChI is InChI=1S/C16H25NO2/c1-3-10-17-13(2)15-8-4-5-9-16(15)19-12-14-7-6-11-18-14/h4-5,8-9,13-14,17H,3,6-7,10-12H2,1-2H3. The molecule has 2 atom stereocenters. The lowest BCUT2D eigenvalue weighted by atomic mass is 10.1. The van der Waals surface area contributed by atoms with Gasteiger partial charge in [-0.2, -0.15) is 0 Å². The zero-order chi connectivity index (χ0) is 13.5. The Morgan fingerprint density at radius 2 is 2.26 bits per heavy atom. The Kier molecular flexibility index (Phi) is 5.67. The minimum absolute atomic E-state index is 0.270. The number of hydrogen-bond acceptors (Lipinski definition) is 3. The summed E-state index contributed by atoms with van der Waals surface area (Å²) in [6.45, 7) is 6.94. The molecule has 1 aromatic carbocycles. The zero-order valence-corrected chi connectivity index (χ0v) is 12.0. The summed E-state index contributed by atoms with van der Waals surface area (Å²) in [5, 5.41) is 3.51. The van der Waals surface area contributed by atoms with Gasteiger partial charge in [-0.1, -0.05) is 25.1 Å². The smallest absolute Gasteiger partial charge is 0.124 e. The molecule has 3 heteroatoms. The van der Waals surface area contributed by atoms with E-state index < -0.39 is 0 Å². The van der Waals surface area contributed by atoms with Crippen LogP contribution in [0.1, 0.15) is 44.7 Å². The highest BCUT2D eigenvalue weighted by Gasteiger charge is 2.17. The Morgan fingerprint density at radius 3 is 3.00 bits per heavy atom. The molecule has 0 saturated carbocycles. The molecule has 106 valence electrons. The molecule has 1 saturated heterocycles. The van der Waals surface area contributed by atoms with Gasteiger partial charge < -0.3 is 14.8 Å². The highest BCUT2D eigenvalue weighted by atomic mass is 16.5. The normalized spacial score (nSPS) is 20.4. The van der Waals surface area contributed by atoms with Gasteiger partial charge in [0, 0.05) is 18.2 Å². The van der Waals surface area contributed by atoms with Gasteiger partial charge in [0.25, 0.3) is 0 Å². The maximum absolute atomic E-state index is 5.96. The maximum atomic E-state index is 5.96. The van der Waals surface area contributed by atoms with E-state index in [0.29, 0.717) is 12.6 Å². The summed E-state index contributed by atoms with van der Waals surface area (Å²) in [6.07, 6.45) is 3.69. The fourth-order valence-corrected chi connectivity index (χ4v) is 2.40. The Labute approximate surface area is 116 Å². The number of hydrogen-bond donors (Lipinski definition) is 1. The quantitative estimate of drug-likeness (QED) is 0.818. The first kappa shape index (κ1) is 14.4. The molecule has 0 amide bonds. The molecule has 0 radical (unpaired) electrons. The molecule has 1 fully saturated rings. The van der Waals surface area contributed by atoms with Crippen LogP contribution in [0.15, 0.2) is 24.3 Å². The lowest BCUT2D eigenvalue weighted by molar-refractivity contribution is 0.0674. The van der Waals surface area contributed by atoms with Crippen molar-refractivity contribution in [2.75, 3.05) is 19.8 Å². The van der Waals surface area contributed by atoms with Crippen LogP contribution >= 0.6 is 0 Å². The van der Waals surface area contributed by atoms with Crippen LogP contribution in [0, 0.1) is 0 Å². The van der Waals surface area contributed by atoms with Gasteiger partial charge in [0.05, 0.1) is 6.10 Å². The maximum Gasteiger partial charge on any atom is 0.124 e. The average molecular weight is 263 g/mol. The van der Waals surface area contributed by atoms with E-state index in [1.54, 1.807) is 0 Å². The Balaban J connectivity index is 1.94. The number of ether oxygens (including phenoxy) is 2. The molecule has 0 spiro atoms. The molecule has 2 unspecified atom stereocenters. The number of nitrogens with one attached hydrogen (secondary N) is 1. The molecule has 1 heterocycles. The number of para-hydroxylation sites is 1. The van der Waals surface area contributed by atoms with Crippen LogP contribution in [0.3, 0.4) is 0 Å². The predicted octanol–water partition coefficient (Wildman–Crippen LogP) is 3.31. The van der Waals surface area contributed by atoms with Crippen molar-refractivity contribution in [3.63, 3.8) is 0 Å². The van der Waals surface area contributed by atoms with Gasteiger partial charge in [-0.15, -0.1) is 0 Å². The number of rotatable bonds is 7. The third-order valence-corrected chi connectivity index (χ3v) is 3.53. The van der Waals surface area contributed by atoms with Gasteiger partial charge in [0.2, 0.25) is 0 Å². The van der Waals surface area contributed by atoms with E-state index in [0.717, 1.165) is 38.2 Å². The van der Waals surface area contributed by atoms with E-state index in [2.05, 4.69) is 37.4 Å². The van der Waals surface area contributed by atoms with E-state index in [4.69, 9.17) is 9.47 Å². The minimum Gasteiger partial charge on any atom is -0.491 e. The van der Waals surface area contributed by atoms with Gasteiger partial charge in [0.15, 0.2) is 0 Å². The van der Waals surface area contributed by atoms with Crippen LogP contribution in [-0.4, -0.2) is 25.9 Å². The predicted molar refractivity (Wildman–Crippen MR) is 77.6 cm³/mol. The fraction of sp³-hybridized carbons (Fsp3) is 0.625. The summed E-state index contributed by atoms with van der Waals surface area (Å²) >= 11 is 0. The first-order valence-corrected chi connectivity index (χ1v) is 7.38. The summed E-state index contributed by atoms with van der Waals surface area (Å²) in [7, 11) is 0. The fourth-order valence-electron chi connectivity index (χ4n) is 2.40. The molecule has 1 aliphatic rings. The largest absolute Gasteiger partial charge is 0.491 e. The molecule has 3 nitrogen and oxygen atoms in total. The molecule has 2 rings (SSSR count). The van der Waals surface area contributed by atoms with E-state index in [9.17, 15) is 0 Å². The van der Waals surface area contributed by atoms with Gasteiger partial charge in [0.1, 0.15) is 12.4 Å². The van der Waals surface area contributed by atoms with Crippen LogP contribution in [0.25, 0.3) is 0 Å². The molecule has 0 bridgehead atoms. The van der Waals surface area contributed by atoms with Crippen molar-refractivity contribution in [3.05, 3.63) is 29.8 Å². The minimum atomic E-state index is 0.270. The molecular formula is C16H25NO2. The van der Waals surface area contributed by atoms with Gasteiger partial charge in [-0.3, -0.25) is 0 Å². The Hall–Kier alpha value is -1.06. The molecule has 1 aliphatic heterocycles. The van der Waals surface area contributed by atoms with Crippen molar-refractivity contribution in [2.24, 2.45) is 0 Å². The Morgan fingerprint density at radius 1 is 1.42 bits per heavy atom. The third-order valence-electron chi connectivity index (χ3n) is 3.53. The lowest BCUT2D eigenvalue weighted by Crippen LogP contribution is -2.21. The van der Waals surface area contributed by atoms with E-state index >= 15 is 0 Å². The molecule has 1 aromatic rings. The van der Waals surface area contributed by atoms with Crippen molar-refractivity contribution in [1.82, 2.24) is 5.32 Å². The Bertz CT molecular complexity index is 375. The van der Waals surface area contributed by atoms with Gasteiger partial charge in [-0.25, -0.2) is 0 Å². The van der Waals surface area contributed by atoms with Gasteiger partial charge in [-0.05, 0) is 38.8 Å². The van der Waals surface area contributed by atoms with Crippen molar-refractivity contribution < 1.29 is 9.47 Å². The first-order chi connectivity index (χ1) is 9.31. The van der Waals surface area contributed by atoms with E-state index in [1.807, 2.05) is 6.07 Å². The summed E-state index contributed by atoms with van der Waals surface area (Å²) in [6, 6.07) is 8.60.